The van der Waals surface area contributed by atoms with Crippen LogP contribution < -0.4 is 5.32 Å². The number of hydrogen-bond acceptors (Lipinski definition) is 4. The molecule has 0 spiro atoms. The summed E-state index contributed by atoms with van der Waals surface area (Å²) in [7, 11) is 1.89. The van der Waals surface area contributed by atoms with Gasteiger partial charge in [-0.1, -0.05) is 0 Å². The minimum Gasteiger partial charge on any atom is -0.375 e. The third kappa shape index (κ3) is 8.18. The van der Waals surface area contributed by atoms with Gasteiger partial charge in [0.15, 0.2) is 6.29 Å². The summed E-state index contributed by atoms with van der Waals surface area (Å²) in [6.45, 7) is 7.24. The second-order valence-electron chi connectivity index (χ2n) is 2.52. The molecule has 1 N–H and O–H groups in total. The number of hydrogen-bond donors (Lipinski definition) is 1. The van der Waals surface area contributed by atoms with Gasteiger partial charge in [-0.3, -0.25) is 0 Å². The average molecular weight is 191 g/mol. The van der Waals surface area contributed by atoms with Crippen molar-refractivity contribution in [3.8, 4) is 0 Å². The van der Waals surface area contributed by atoms with E-state index in [0.29, 0.717) is 26.4 Å². The van der Waals surface area contributed by atoms with Crippen LogP contribution >= 0.6 is 0 Å². The van der Waals surface area contributed by atoms with Gasteiger partial charge in [0.05, 0.1) is 13.2 Å². The Morgan fingerprint density at radius 3 is 2.23 bits per heavy atom. The average Bonchev–Trinajstić information content (AvgIpc) is 2.13. The lowest BCUT2D eigenvalue weighted by atomic mass is 10.6. The summed E-state index contributed by atoms with van der Waals surface area (Å²) in [5, 5.41) is 3.00. The van der Waals surface area contributed by atoms with Crippen molar-refractivity contribution in [1.82, 2.24) is 5.32 Å². The van der Waals surface area contributed by atoms with Gasteiger partial charge in [0.25, 0.3) is 0 Å². The summed E-state index contributed by atoms with van der Waals surface area (Å²) in [5.74, 6) is 0. The van der Waals surface area contributed by atoms with Crippen LogP contribution in [0.25, 0.3) is 0 Å². The molecular formula is C9H21NO3. The molecule has 0 saturated carbocycles. The van der Waals surface area contributed by atoms with Crippen LogP contribution in [0.4, 0.5) is 0 Å². The highest BCUT2D eigenvalue weighted by Gasteiger charge is 2.06. The summed E-state index contributed by atoms with van der Waals surface area (Å²) < 4.78 is 15.9. The molecule has 80 valence electrons. The highest BCUT2D eigenvalue weighted by atomic mass is 16.7. The standard InChI is InChI=1S/C9H21NO3/c1-4-12-9(13-5-2)8-11-7-6-10-3/h9-10H,4-8H2,1-3H3. The molecule has 0 atom stereocenters. The normalized spacial score (nSPS) is 11.1. The minimum absolute atomic E-state index is 0.216. The lowest BCUT2D eigenvalue weighted by molar-refractivity contribution is -0.166. The van der Waals surface area contributed by atoms with Crippen LogP contribution in [0.2, 0.25) is 0 Å². The van der Waals surface area contributed by atoms with E-state index in [1.165, 1.54) is 0 Å². The zero-order valence-corrected chi connectivity index (χ0v) is 8.84. The monoisotopic (exact) mass is 191 g/mol. The molecule has 0 aliphatic rings. The van der Waals surface area contributed by atoms with E-state index in [0.717, 1.165) is 6.54 Å². The Hall–Kier alpha value is -0.160. The number of rotatable bonds is 9. The maximum atomic E-state index is 5.33. The van der Waals surface area contributed by atoms with Gasteiger partial charge in [-0.05, 0) is 20.9 Å². The molecule has 0 saturated heterocycles. The zero-order chi connectivity index (χ0) is 9.94. The van der Waals surface area contributed by atoms with Crippen molar-refractivity contribution in [3.05, 3.63) is 0 Å². The quantitative estimate of drug-likeness (QED) is 0.428. The topological polar surface area (TPSA) is 39.7 Å². The van der Waals surface area contributed by atoms with Crippen molar-refractivity contribution in [3.63, 3.8) is 0 Å². The summed E-state index contributed by atoms with van der Waals surface area (Å²) >= 11 is 0. The molecular weight excluding hydrogens is 170 g/mol. The summed E-state index contributed by atoms with van der Waals surface area (Å²) in [4.78, 5) is 0. The number of likely N-dealkylation sites (N-methyl/N-ethyl adjacent to an activating group) is 1. The third-order valence-electron chi connectivity index (χ3n) is 1.46. The Bertz CT molecular complexity index is 94.9. The molecule has 0 aliphatic carbocycles. The van der Waals surface area contributed by atoms with Crippen LogP contribution in [0, 0.1) is 0 Å². The van der Waals surface area contributed by atoms with Crippen molar-refractivity contribution in [2.45, 2.75) is 20.1 Å². The molecule has 4 nitrogen and oxygen atoms in total. The Morgan fingerprint density at radius 1 is 1.15 bits per heavy atom. The van der Waals surface area contributed by atoms with E-state index < -0.39 is 0 Å². The fraction of sp³-hybridized carbons (Fsp3) is 1.00. The largest absolute Gasteiger partial charge is 0.375 e. The Labute approximate surface area is 80.5 Å². The van der Waals surface area contributed by atoms with E-state index in [9.17, 15) is 0 Å². The van der Waals surface area contributed by atoms with Gasteiger partial charge in [0, 0.05) is 19.8 Å². The van der Waals surface area contributed by atoms with Gasteiger partial charge in [0.1, 0.15) is 0 Å². The predicted octanol–water partition coefficient (Wildman–Crippen LogP) is 0.621. The maximum absolute atomic E-state index is 5.33. The molecule has 0 heterocycles. The number of nitrogens with one attached hydrogen (secondary N) is 1. The molecule has 0 unspecified atom stereocenters. The molecule has 0 aromatic rings. The predicted molar refractivity (Wildman–Crippen MR) is 51.8 cm³/mol. The summed E-state index contributed by atoms with van der Waals surface area (Å²) in [6.07, 6.45) is -0.216. The fourth-order valence-electron chi connectivity index (χ4n) is 0.870. The molecule has 0 bridgehead atoms. The van der Waals surface area contributed by atoms with Crippen LogP contribution in [-0.2, 0) is 14.2 Å². The molecule has 0 aromatic carbocycles. The molecule has 0 radical (unpaired) electrons. The highest BCUT2D eigenvalue weighted by molar-refractivity contribution is 4.42. The molecule has 13 heavy (non-hydrogen) atoms. The van der Waals surface area contributed by atoms with Crippen molar-refractivity contribution in [1.29, 1.82) is 0 Å². The molecule has 0 amide bonds. The second-order valence-corrected chi connectivity index (χ2v) is 2.52. The Kier molecular flexibility index (Phi) is 9.80. The molecule has 0 aliphatic heterocycles. The van der Waals surface area contributed by atoms with E-state index in [-0.39, 0.29) is 6.29 Å². The van der Waals surface area contributed by atoms with Crippen LogP contribution in [-0.4, -0.2) is 46.3 Å². The van der Waals surface area contributed by atoms with Gasteiger partial charge in [-0.2, -0.15) is 0 Å². The molecule has 4 heteroatoms. The van der Waals surface area contributed by atoms with Gasteiger partial charge in [-0.25, -0.2) is 0 Å². The highest BCUT2D eigenvalue weighted by Crippen LogP contribution is 1.95. The van der Waals surface area contributed by atoms with Crippen LogP contribution in [0.3, 0.4) is 0 Å². The van der Waals surface area contributed by atoms with Crippen LogP contribution in [0.1, 0.15) is 13.8 Å². The fourth-order valence-corrected chi connectivity index (χ4v) is 0.870. The van der Waals surface area contributed by atoms with Crippen LogP contribution in [0.5, 0.6) is 0 Å². The van der Waals surface area contributed by atoms with Crippen molar-refractivity contribution < 1.29 is 14.2 Å². The van der Waals surface area contributed by atoms with Gasteiger partial charge in [-0.15, -0.1) is 0 Å². The maximum Gasteiger partial charge on any atom is 0.180 e. The van der Waals surface area contributed by atoms with Crippen molar-refractivity contribution in [2.24, 2.45) is 0 Å². The SMILES string of the molecule is CCOC(COCCNC)OCC. The molecule has 0 aromatic heterocycles. The lowest BCUT2D eigenvalue weighted by Crippen LogP contribution is -2.25. The first-order valence-corrected chi connectivity index (χ1v) is 4.80. The number of ether oxygens (including phenoxy) is 3. The van der Waals surface area contributed by atoms with Gasteiger partial charge < -0.3 is 19.5 Å². The van der Waals surface area contributed by atoms with E-state index >= 15 is 0 Å². The first-order chi connectivity index (χ1) is 6.35. The lowest BCUT2D eigenvalue weighted by Gasteiger charge is -2.16. The van der Waals surface area contributed by atoms with E-state index in [1.807, 2.05) is 20.9 Å². The Morgan fingerprint density at radius 2 is 1.77 bits per heavy atom. The summed E-state index contributed by atoms with van der Waals surface area (Å²) in [5.41, 5.74) is 0. The first-order valence-electron chi connectivity index (χ1n) is 4.80. The van der Waals surface area contributed by atoms with Gasteiger partial charge in [0.2, 0.25) is 0 Å². The minimum atomic E-state index is -0.216. The summed E-state index contributed by atoms with van der Waals surface area (Å²) in [6, 6.07) is 0. The van der Waals surface area contributed by atoms with Crippen molar-refractivity contribution >= 4 is 0 Å². The Balaban J connectivity index is 3.33. The van der Waals surface area contributed by atoms with Crippen LogP contribution in [0.15, 0.2) is 0 Å². The van der Waals surface area contributed by atoms with E-state index in [4.69, 9.17) is 14.2 Å². The van der Waals surface area contributed by atoms with Gasteiger partial charge >= 0.3 is 0 Å². The second kappa shape index (κ2) is 9.92. The van der Waals surface area contributed by atoms with E-state index in [1.54, 1.807) is 0 Å². The molecule has 0 rings (SSSR count). The first kappa shape index (κ1) is 12.8. The van der Waals surface area contributed by atoms with E-state index in [2.05, 4.69) is 5.32 Å². The smallest absolute Gasteiger partial charge is 0.180 e. The molecule has 0 fully saturated rings. The third-order valence-corrected chi connectivity index (χ3v) is 1.46. The zero-order valence-electron chi connectivity index (χ0n) is 8.84. The van der Waals surface area contributed by atoms with Crippen molar-refractivity contribution in [2.75, 3.05) is 40.0 Å².